The van der Waals surface area contributed by atoms with Crippen molar-refractivity contribution in [1.82, 2.24) is 0 Å². The van der Waals surface area contributed by atoms with Gasteiger partial charge in [0.05, 0.1) is 7.11 Å². The van der Waals surface area contributed by atoms with Crippen LogP contribution in [0.25, 0.3) is 0 Å². The molecule has 4 atom stereocenters. The van der Waals surface area contributed by atoms with Crippen molar-refractivity contribution in [2.75, 3.05) is 7.11 Å². The van der Waals surface area contributed by atoms with Gasteiger partial charge < -0.3 is 9.16 Å². The third-order valence-electron chi connectivity index (χ3n) is 7.17. The number of carbonyl (C=O) groups excluding carboxylic acids is 4. The fraction of sp³-hybridized carbons (Fsp3) is 0.852. The van der Waals surface area contributed by atoms with E-state index in [0.717, 1.165) is 19.3 Å². The summed E-state index contributed by atoms with van der Waals surface area (Å²) in [5.41, 5.74) is -1.60. The molecule has 1 unspecified atom stereocenters. The van der Waals surface area contributed by atoms with Gasteiger partial charge in [0.1, 0.15) is 11.4 Å². The van der Waals surface area contributed by atoms with E-state index >= 15 is 0 Å². The van der Waals surface area contributed by atoms with Crippen LogP contribution in [0.2, 0.25) is 13.1 Å². The maximum Gasteiger partial charge on any atom is 0.305 e. The highest BCUT2D eigenvalue weighted by Gasteiger charge is 2.59. The fourth-order valence-electron chi connectivity index (χ4n) is 5.31. The van der Waals surface area contributed by atoms with Gasteiger partial charge in [-0.2, -0.15) is 0 Å². The summed E-state index contributed by atoms with van der Waals surface area (Å²) in [6, 6.07) is 0. The zero-order chi connectivity index (χ0) is 26.8. The molecule has 0 aromatic heterocycles. The van der Waals surface area contributed by atoms with Crippen molar-refractivity contribution in [3.05, 3.63) is 0 Å². The zero-order valence-electron chi connectivity index (χ0n) is 22.9. The number of alkyl halides is 1. The van der Waals surface area contributed by atoms with E-state index in [1.807, 2.05) is 13.1 Å². The van der Waals surface area contributed by atoms with Crippen molar-refractivity contribution >= 4 is 32.4 Å². The molecule has 0 aliphatic heterocycles. The second kappa shape index (κ2) is 14.4. The molecule has 1 saturated carbocycles. The molecule has 6 nitrogen and oxygen atoms in total. The summed E-state index contributed by atoms with van der Waals surface area (Å²) in [5, 5.41) is 0. The van der Waals surface area contributed by atoms with E-state index in [2.05, 4.69) is 32.4 Å². The topological polar surface area (TPSA) is 86.7 Å². The molecule has 0 aromatic carbocycles. The van der Waals surface area contributed by atoms with E-state index in [9.17, 15) is 23.6 Å². The van der Waals surface area contributed by atoms with Gasteiger partial charge in [0, 0.05) is 32.1 Å². The number of ether oxygens (including phenoxy) is 1. The van der Waals surface area contributed by atoms with Crippen LogP contribution in [0.4, 0.5) is 4.39 Å². The minimum atomic E-state index is -1.79. The SMILES string of the molecule is CCCCCC(=O)CC[C@@H]1[C@H](C(C)(C)C)CC(=O)[C@]1(CC(=O)C(F)CCCC(=O)OC)O[SiH](C)C. The predicted octanol–water partition coefficient (Wildman–Crippen LogP) is 5.55. The summed E-state index contributed by atoms with van der Waals surface area (Å²) >= 11 is 0. The lowest BCUT2D eigenvalue weighted by Gasteiger charge is -2.41. The van der Waals surface area contributed by atoms with E-state index in [1.54, 1.807) is 0 Å². The van der Waals surface area contributed by atoms with Crippen molar-refractivity contribution in [3.63, 3.8) is 0 Å². The fourth-order valence-corrected chi connectivity index (χ4v) is 6.54. The highest BCUT2D eigenvalue weighted by molar-refractivity contribution is 6.49. The molecule has 35 heavy (non-hydrogen) atoms. The maximum absolute atomic E-state index is 14.9. The maximum atomic E-state index is 14.9. The first kappa shape index (κ1) is 31.6. The number of unbranched alkanes of at least 4 members (excludes halogenated alkanes) is 2. The van der Waals surface area contributed by atoms with Gasteiger partial charge in [-0.25, -0.2) is 4.39 Å². The number of halogens is 1. The highest BCUT2D eigenvalue weighted by Crippen LogP contribution is 2.52. The average molecular weight is 515 g/mol. The Balaban J connectivity index is 3.14. The van der Waals surface area contributed by atoms with Gasteiger partial charge in [-0.1, -0.05) is 40.5 Å². The molecule has 0 spiro atoms. The Bertz CT molecular complexity index is 732. The molecule has 0 radical (unpaired) electrons. The zero-order valence-corrected chi connectivity index (χ0v) is 24.1. The Morgan fingerprint density at radius 2 is 1.77 bits per heavy atom. The molecule has 202 valence electrons. The summed E-state index contributed by atoms with van der Waals surface area (Å²) in [7, 11) is -0.526. The van der Waals surface area contributed by atoms with Gasteiger partial charge >= 0.3 is 5.97 Å². The number of esters is 1. The number of hydrogen-bond donors (Lipinski definition) is 0. The van der Waals surface area contributed by atoms with Gasteiger partial charge in [0.2, 0.25) is 0 Å². The summed E-state index contributed by atoms with van der Waals surface area (Å²) in [6.07, 6.45) is 2.56. The van der Waals surface area contributed by atoms with Gasteiger partial charge in [-0.3, -0.25) is 19.2 Å². The largest absolute Gasteiger partial charge is 0.469 e. The number of hydrogen-bond acceptors (Lipinski definition) is 6. The molecular weight excluding hydrogens is 467 g/mol. The van der Waals surface area contributed by atoms with E-state index < -0.39 is 32.6 Å². The Kier molecular flexibility index (Phi) is 13.0. The quantitative estimate of drug-likeness (QED) is 0.153. The first-order valence-electron chi connectivity index (χ1n) is 13.2. The van der Waals surface area contributed by atoms with Gasteiger partial charge in [0.15, 0.2) is 26.8 Å². The van der Waals surface area contributed by atoms with Crippen LogP contribution in [0.3, 0.4) is 0 Å². The van der Waals surface area contributed by atoms with Crippen molar-refractivity contribution in [2.45, 2.75) is 123 Å². The molecule has 0 heterocycles. The Morgan fingerprint density at radius 1 is 1.11 bits per heavy atom. The van der Waals surface area contributed by atoms with Crippen molar-refractivity contribution in [3.8, 4) is 0 Å². The van der Waals surface area contributed by atoms with Crippen LogP contribution >= 0.6 is 0 Å². The second-order valence-corrected chi connectivity index (χ2v) is 13.7. The van der Waals surface area contributed by atoms with E-state index in [-0.39, 0.29) is 60.9 Å². The van der Waals surface area contributed by atoms with E-state index in [4.69, 9.17) is 4.43 Å². The van der Waals surface area contributed by atoms with Crippen molar-refractivity contribution < 1.29 is 32.7 Å². The molecule has 1 aliphatic carbocycles. The van der Waals surface area contributed by atoms with Crippen LogP contribution in [-0.4, -0.2) is 51.2 Å². The van der Waals surface area contributed by atoms with Crippen LogP contribution in [0, 0.1) is 17.3 Å². The number of methoxy groups -OCH3 is 1. The molecular formula is C27H47FO6Si. The minimum Gasteiger partial charge on any atom is -0.469 e. The number of ketones is 3. The number of rotatable bonds is 16. The Hall–Kier alpha value is -1.41. The minimum absolute atomic E-state index is 0.0402. The summed E-state index contributed by atoms with van der Waals surface area (Å²) in [6.45, 7) is 12.2. The Morgan fingerprint density at radius 3 is 2.31 bits per heavy atom. The lowest BCUT2D eigenvalue weighted by atomic mass is 9.69. The Labute approximate surface area is 212 Å². The third kappa shape index (κ3) is 9.52. The lowest BCUT2D eigenvalue weighted by molar-refractivity contribution is -0.143. The summed E-state index contributed by atoms with van der Waals surface area (Å²) in [5.74, 6) is -1.46. The molecule has 0 bridgehead atoms. The number of Topliss-reactive ketones (excluding diaryl/α,β-unsaturated/α-hetero) is 3. The smallest absolute Gasteiger partial charge is 0.305 e. The predicted molar refractivity (Wildman–Crippen MR) is 138 cm³/mol. The van der Waals surface area contributed by atoms with Crippen LogP contribution in [0.5, 0.6) is 0 Å². The third-order valence-corrected chi connectivity index (χ3v) is 8.06. The van der Waals surface area contributed by atoms with Crippen LogP contribution in [0.15, 0.2) is 0 Å². The molecule has 8 heteroatoms. The van der Waals surface area contributed by atoms with Crippen LogP contribution in [-0.2, 0) is 28.3 Å². The average Bonchev–Trinajstić information content (AvgIpc) is 3.02. The molecule has 0 N–H and O–H groups in total. The van der Waals surface area contributed by atoms with Gasteiger partial charge in [0.25, 0.3) is 0 Å². The molecule has 0 saturated heterocycles. The van der Waals surface area contributed by atoms with Crippen molar-refractivity contribution in [1.29, 1.82) is 0 Å². The molecule has 0 aromatic rings. The normalized spacial score (nSPS) is 23.5. The summed E-state index contributed by atoms with van der Waals surface area (Å²) in [4.78, 5) is 50.5. The molecule has 1 fully saturated rings. The number of carbonyl (C=O) groups is 4. The van der Waals surface area contributed by atoms with Crippen LogP contribution < -0.4 is 0 Å². The van der Waals surface area contributed by atoms with Crippen LogP contribution in [0.1, 0.15) is 98.3 Å². The molecule has 1 aliphatic rings. The highest BCUT2D eigenvalue weighted by atomic mass is 28.3. The monoisotopic (exact) mass is 514 g/mol. The standard InChI is InChI=1S/C27H47FO6Si/c1-8-9-10-12-19(29)15-16-20-21(26(2,3)4)17-24(31)27(20,34-35(6)7)18-23(30)22(28)13-11-14-25(32)33-5/h20-22,35H,8-18H2,1-7H3/t20-,21-,22?,27-/m1/s1. The molecule has 0 amide bonds. The van der Waals surface area contributed by atoms with E-state index in [1.165, 1.54) is 7.11 Å². The first-order chi connectivity index (χ1) is 16.3. The second-order valence-electron chi connectivity index (χ2n) is 11.4. The van der Waals surface area contributed by atoms with Crippen molar-refractivity contribution in [2.24, 2.45) is 17.3 Å². The van der Waals surface area contributed by atoms with E-state index in [0.29, 0.717) is 19.3 Å². The molecule has 1 rings (SSSR count). The van der Waals surface area contributed by atoms with Gasteiger partial charge in [-0.05, 0) is 56.0 Å². The first-order valence-corrected chi connectivity index (χ1v) is 16.0. The lowest BCUT2D eigenvalue weighted by Crippen LogP contribution is -2.50. The van der Waals surface area contributed by atoms with Gasteiger partial charge in [-0.15, -0.1) is 0 Å². The summed E-state index contributed by atoms with van der Waals surface area (Å²) < 4.78 is 25.8.